The summed E-state index contributed by atoms with van der Waals surface area (Å²) in [7, 11) is 0. The van der Waals surface area contributed by atoms with Crippen LogP contribution in [0, 0.1) is 18.3 Å². The van der Waals surface area contributed by atoms with Crippen molar-refractivity contribution in [1.29, 1.82) is 5.26 Å². The largest absolute Gasteiger partial charge is 0.494 e. The van der Waals surface area contributed by atoms with Crippen LogP contribution in [0.4, 0.5) is 22.0 Å². The summed E-state index contributed by atoms with van der Waals surface area (Å²) in [6.45, 7) is 1.70. The van der Waals surface area contributed by atoms with Crippen molar-refractivity contribution in [2.75, 3.05) is 6.61 Å². The second-order valence-corrected chi connectivity index (χ2v) is 8.08. The topological polar surface area (TPSA) is 62.1 Å². The Bertz CT molecular complexity index is 1100. The summed E-state index contributed by atoms with van der Waals surface area (Å²) in [5, 5.41) is 12.2. The summed E-state index contributed by atoms with van der Waals surface area (Å²) in [5.74, 6) is -0.416. The van der Waals surface area contributed by atoms with Crippen molar-refractivity contribution in [1.82, 2.24) is 5.32 Å². The lowest BCUT2D eigenvalue weighted by Crippen LogP contribution is -2.35. The third-order valence-corrected chi connectivity index (χ3v) is 5.49. The number of amides is 1. The fourth-order valence-corrected chi connectivity index (χ4v) is 3.87. The van der Waals surface area contributed by atoms with Gasteiger partial charge in [0.15, 0.2) is 0 Å². The number of hydrogen-bond acceptors (Lipinski definition) is 3. The van der Waals surface area contributed by atoms with Gasteiger partial charge in [0.2, 0.25) is 6.43 Å². The van der Waals surface area contributed by atoms with E-state index in [1.165, 1.54) is 18.2 Å². The van der Waals surface area contributed by atoms with Gasteiger partial charge in [0.25, 0.3) is 5.91 Å². The summed E-state index contributed by atoms with van der Waals surface area (Å²) in [5.41, 5.74) is 2.86. The standard InChI is InChI=1S/C25H23F5N2O2/c1-15-3-5-16(6-4-15)20-13-22(32-24(33)21(20)14-31)19-8-7-18(11-17(19)12-23(26)27)34-10-2-9-25(28,29)30/h3-8,11,22-23H,2,9-10,12-13H2,1H3,(H,32,33)/t22-/m1/s1. The number of nitrogens with zero attached hydrogens (tertiary/aromatic N) is 1. The van der Waals surface area contributed by atoms with Crippen molar-refractivity contribution in [3.63, 3.8) is 0 Å². The van der Waals surface area contributed by atoms with Crippen molar-refractivity contribution >= 4 is 11.5 Å². The highest BCUT2D eigenvalue weighted by atomic mass is 19.4. The number of benzene rings is 2. The van der Waals surface area contributed by atoms with E-state index >= 15 is 0 Å². The van der Waals surface area contributed by atoms with Crippen LogP contribution < -0.4 is 10.1 Å². The first-order chi connectivity index (χ1) is 16.1. The summed E-state index contributed by atoms with van der Waals surface area (Å²) < 4.78 is 68.9. The molecule has 0 radical (unpaired) electrons. The number of rotatable bonds is 8. The van der Waals surface area contributed by atoms with Crippen LogP contribution in [-0.2, 0) is 11.2 Å². The number of aryl methyl sites for hydroxylation is 1. The average molecular weight is 478 g/mol. The number of ether oxygens (including phenoxy) is 1. The third kappa shape index (κ3) is 6.56. The Morgan fingerprint density at radius 1 is 1.18 bits per heavy atom. The number of alkyl halides is 5. The Hall–Kier alpha value is -3.41. The molecule has 2 aromatic carbocycles. The first-order valence-electron chi connectivity index (χ1n) is 10.7. The molecular formula is C25H23F5N2O2. The van der Waals surface area contributed by atoms with Gasteiger partial charge in [0, 0.05) is 12.8 Å². The zero-order chi connectivity index (χ0) is 24.9. The van der Waals surface area contributed by atoms with Crippen molar-refractivity contribution in [3.8, 4) is 11.8 Å². The Morgan fingerprint density at radius 2 is 1.88 bits per heavy atom. The zero-order valence-corrected chi connectivity index (χ0v) is 18.4. The van der Waals surface area contributed by atoms with Crippen molar-refractivity contribution in [2.45, 2.75) is 51.3 Å². The number of nitrogens with one attached hydrogen (secondary N) is 1. The maximum Gasteiger partial charge on any atom is 0.389 e. The van der Waals surface area contributed by atoms with Gasteiger partial charge in [-0.05, 0) is 54.2 Å². The molecule has 0 aromatic heterocycles. The molecule has 4 nitrogen and oxygen atoms in total. The predicted octanol–water partition coefficient (Wildman–Crippen LogP) is 6.06. The monoisotopic (exact) mass is 478 g/mol. The molecule has 1 aliphatic heterocycles. The molecule has 1 N–H and O–H groups in total. The van der Waals surface area contributed by atoms with Crippen LogP contribution >= 0.6 is 0 Å². The van der Waals surface area contributed by atoms with Crippen LogP contribution in [0.1, 0.15) is 47.6 Å². The lowest BCUT2D eigenvalue weighted by atomic mass is 9.85. The quantitative estimate of drug-likeness (QED) is 0.371. The van der Waals surface area contributed by atoms with E-state index in [4.69, 9.17) is 4.74 Å². The molecule has 0 saturated heterocycles. The number of halogens is 5. The first-order valence-corrected chi connectivity index (χ1v) is 10.7. The van der Waals surface area contributed by atoms with Crippen molar-refractivity contribution < 1.29 is 31.5 Å². The Kier molecular flexibility index (Phi) is 7.92. The summed E-state index contributed by atoms with van der Waals surface area (Å²) in [6, 6.07) is 13.0. The summed E-state index contributed by atoms with van der Waals surface area (Å²) in [6.07, 6.45) is -8.62. The van der Waals surface area contributed by atoms with E-state index in [0.717, 1.165) is 5.56 Å². The maximum absolute atomic E-state index is 13.3. The molecule has 0 spiro atoms. The first kappa shape index (κ1) is 25.2. The van der Waals surface area contributed by atoms with Gasteiger partial charge < -0.3 is 10.1 Å². The highest BCUT2D eigenvalue weighted by Crippen LogP contribution is 2.37. The molecule has 0 bridgehead atoms. The normalized spacial score (nSPS) is 16.4. The van der Waals surface area contributed by atoms with Crippen LogP contribution in [0.15, 0.2) is 48.0 Å². The van der Waals surface area contributed by atoms with Crippen molar-refractivity contribution in [2.24, 2.45) is 0 Å². The number of carbonyl (C=O) groups excluding carboxylic acids is 1. The van der Waals surface area contributed by atoms with Gasteiger partial charge in [-0.25, -0.2) is 8.78 Å². The fourth-order valence-electron chi connectivity index (χ4n) is 3.87. The van der Waals surface area contributed by atoms with Crippen LogP contribution in [-0.4, -0.2) is 25.1 Å². The van der Waals surface area contributed by atoms with Gasteiger partial charge in [-0.2, -0.15) is 18.4 Å². The molecular weight excluding hydrogens is 455 g/mol. The molecule has 1 heterocycles. The van der Waals surface area contributed by atoms with Crippen LogP contribution in [0.25, 0.3) is 5.57 Å². The molecule has 1 atom stereocenters. The minimum Gasteiger partial charge on any atom is -0.494 e. The lowest BCUT2D eigenvalue weighted by molar-refractivity contribution is -0.136. The second kappa shape index (κ2) is 10.7. The highest BCUT2D eigenvalue weighted by Gasteiger charge is 2.30. The number of nitriles is 1. The Balaban J connectivity index is 1.87. The lowest BCUT2D eigenvalue weighted by Gasteiger charge is -2.28. The SMILES string of the molecule is Cc1ccc(C2=C(C#N)C(=O)N[C@@H](c3ccc(OCCCC(F)(F)F)cc3CC(F)F)C2)cc1. The third-order valence-electron chi connectivity index (χ3n) is 5.49. The maximum atomic E-state index is 13.3. The van der Waals surface area contributed by atoms with Crippen LogP contribution in [0.3, 0.4) is 0 Å². The van der Waals surface area contributed by atoms with E-state index < -0.39 is 37.4 Å². The van der Waals surface area contributed by atoms with Crippen molar-refractivity contribution in [3.05, 3.63) is 70.3 Å². The molecule has 180 valence electrons. The molecule has 0 fully saturated rings. The van der Waals surface area contributed by atoms with Crippen LogP contribution in [0.2, 0.25) is 0 Å². The van der Waals surface area contributed by atoms with E-state index in [-0.39, 0.29) is 36.3 Å². The highest BCUT2D eigenvalue weighted by molar-refractivity contribution is 6.06. The Labute approximate surface area is 194 Å². The Morgan fingerprint density at radius 3 is 2.50 bits per heavy atom. The van der Waals surface area contributed by atoms with E-state index in [9.17, 15) is 32.0 Å². The summed E-state index contributed by atoms with van der Waals surface area (Å²) >= 11 is 0. The fraction of sp³-hybridized carbons (Fsp3) is 0.360. The minimum absolute atomic E-state index is 0.0277. The number of hydrogen-bond donors (Lipinski definition) is 1. The molecule has 0 unspecified atom stereocenters. The molecule has 3 rings (SSSR count). The van der Waals surface area contributed by atoms with E-state index in [2.05, 4.69) is 5.32 Å². The van der Waals surface area contributed by atoms with Gasteiger partial charge in [0.1, 0.15) is 17.4 Å². The second-order valence-electron chi connectivity index (χ2n) is 8.08. The van der Waals surface area contributed by atoms with Crippen LogP contribution in [0.5, 0.6) is 5.75 Å². The van der Waals surface area contributed by atoms with E-state index in [1.54, 1.807) is 12.1 Å². The smallest absolute Gasteiger partial charge is 0.389 e. The van der Waals surface area contributed by atoms with Gasteiger partial charge in [-0.3, -0.25) is 4.79 Å². The average Bonchev–Trinajstić information content (AvgIpc) is 2.76. The molecule has 2 aromatic rings. The molecule has 9 heteroatoms. The van der Waals surface area contributed by atoms with E-state index in [0.29, 0.717) is 16.7 Å². The van der Waals surface area contributed by atoms with Gasteiger partial charge in [-0.15, -0.1) is 0 Å². The molecule has 0 saturated carbocycles. The van der Waals surface area contributed by atoms with Gasteiger partial charge in [-0.1, -0.05) is 35.9 Å². The molecule has 34 heavy (non-hydrogen) atoms. The predicted molar refractivity (Wildman–Crippen MR) is 116 cm³/mol. The summed E-state index contributed by atoms with van der Waals surface area (Å²) in [4.78, 5) is 12.7. The van der Waals surface area contributed by atoms with Gasteiger partial charge in [0.05, 0.1) is 12.6 Å². The minimum atomic E-state index is -4.29. The molecule has 1 aliphatic rings. The number of carbonyl (C=O) groups is 1. The zero-order valence-electron chi connectivity index (χ0n) is 18.4. The van der Waals surface area contributed by atoms with E-state index in [1.807, 2.05) is 25.1 Å². The van der Waals surface area contributed by atoms with Gasteiger partial charge >= 0.3 is 6.18 Å². The molecule has 1 amide bonds. The molecule has 0 aliphatic carbocycles.